The molecule has 0 spiro atoms. The first-order valence-electron chi connectivity index (χ1n) is 5.79. The zero-order chi connectivity index (χ0) is 14.3. The minimum absolute atomic E-state index is 0.0636. The van der Waals surface area contributed by atoms with Crippen LogP contribution in [0.3, 0.4) is 0 Å². The highest BCUT2D eigenvalue weighted by Gasteiger charge is 2.14. The molecule has 0 radical (unpaired) electrons. The number of carbonyl (C=O) groups excluding carboxylic acids is 1. The van der Waals surface area contributed by atoms with Crippen LogP contribution in [0.15, 0.2) is 18.2 Å². The Morgan fingerprint density at radius 2 is 2.16 bits per heavy atom. The number of benzene rings is 1. The molecule has 1 amide bonds. The highest BCUT2D eigenvalue weighted by Crippen LogP contribution is 2.20. The lowest BCUT2D eigenvalue weighted by Crippen LogP contribution is -2.30. The van der Waals surface area contributed by atoms with E-state index in [1.807, 2.05) is 0 Å². The van der Waals surface area contributed by atoms with Crippen molar-refractivity contribution in [1.82, 2.24) is 4.90 Å². The topological polar surface area (TPSA) is 38.8 Å². The van der Waals surface area contributed by atoms with E-state index in [-0.39, 0.29) is 19.1 Å². The summed E-state index contributed by atoms with van der Waals surface area (Å²) in [4.78, 5) is 13.1. The molecule has 0 aromatic heterocycles. The molecule has 106 valence electrons. The van der Waals surface area contributed by atoms with Gasteiger partial charge in [0.2, 0.25) is 5.91 Å². The van der Waals surface area contributed by atoms with Crippen LogP contribution < -0.4 is 0 Å². The van der Waals surface area contributed by atoms with Gasteiger partial charge in [-0.3, -0.25) is 4.79 Å². The Balaban J connectivity index is 2.50. The summed E-state index contributed by atoms with van der Waals surface area (Å²) in [7, 11) is 3.13. The normalized spacial score (nSPS) is 10.5. The van der Waals surface area contributed by atoms with Crippen LogP contribution in [-0.2, 0) is 20.8 Å². The number of ether oxygens (including phenoxy) is 2. The van der Waals surface area contributed by atoms with Gasteiger partial charge in [0.1, 0.15) is 12.4 Å². The molecule has 6 heteroatoms. The van der Waals surface area contributed by atoms with E-state index < -0.39 is 5.82 Å². The molecule has 4 nitrogen and oxygen atoms in total. The van der Waals surface area contributed by atoms with Crippen LogP contribution >= 0.6 is 11.6 Å². The van der Waals surface area contributed by atoms with Crippen LogP contribution in [0.4, 0.5) is 4.39 Å². The number of nitrogens with zero attached hydrogens (tertiary/aromatic N) is 1. The van der Waals surface area contributed by atoms with Gasteiger partial charge in [-0.1, -0.05) is 17.7 Å². The summed E-state index contributed by atoms with van der Waals surface area (Å²) in [5, 5.41) is 0.306. The molecule has 0 aliphatic carbocycles. The average molecular weight is 290 g/mol. The van der Waals surface area contributed by atoms with E-state index in [9.17, 15) is 9.18 Å². The van der Waals surface area contributed by atoms with Gasteiger partial charge >= 0.3 is 0 Å². The summed E-state index contributed by atoms with van der Waals surface area (Å²) in [6.07, 6.45) is 0. The number of amides is 1. The van der Waals surface area contributed by atoms with Gasteiger partial charge < -0.3 is 14.4 Å². The van der Waals surface area contributed by atoms with E-state index in [2.05, 4.69) is 0 Å². The van der Waals surface area contributed by atoms with E-state index in [1.165, 1.54) is 17.0 Å². The summed E-state index contributed by atoms with van der Waals surface area (Å²) in [6.45, 7) is 0.816. The van der Waals surface area contributed by atoms with Crippen molar-refractivity contribution < 1.29 is 18.7 Å². The molecule has 0 N–H and O–H groups in total. The van der Waals surface area contributed by atoms with Gasteiger partial charge in [0.25, 0.3) is 0 Å². The summed E-state index contributed by atoms with van der Waals surface area (Å²) in [6, 6.07) is 4.43. The Morgan fingerprint density at radius 3 is 2.79 bits per heavy atom. The Bertz CT molecular complexity index is 408. The van der Waals surface area contributed by atoms with Crippen molar-refractivity contribution >= 4 is 17.5 Å². The lowest BCUT2D eigenvalue weighted by molar-refractivity contribution is -0.135. The molecule has 0 aliphatic heterocycles. The fourth-order valence-corrected chi connectivity index (χ4v) is 1.64. The zero-order valence-electron chi connectivity index (χ0n) is 11.0. The maximum atomic E-state index is 13.6. The maximum Gasteiger partial charge on any atom is 0.248 e. The van der Waals surface area contributed by atoms with Gasteiger partial charge in [0.15, 0.2) is 0 Å². The third-order valence-electron chi connectivity index (χ3n) is 2.54. The number of halogens is 2. The number of hydrogen-bond donors (Lipinski definition) is 0. The van der Waals surface area contributed by atoms with Gasteiger partial charge in [-0.25, -0.2) is 4.39 Å². The molecule has 19 heavy (non-hydrogen) atoms. The van der Waals surface area contributed by atoms with Gasteiger partial charge in [-0.15, -0.1) is 0 Å². The molecule has 0 atom stereocenters. The molecular formula is C13H17ClFNO3. The second-order valence-electron chi connectivity index (χ2n) is 4.00. The number of carbonyl (C=O) groups is 1. The molecule has 0 bridgehead atoms. The Kier molecular flexibility index (Phi) is 6.77. The van der Waals surface area contributed by atoms with Crippen molar-refractivity contribution in [3.8, 4) is 0 Å². The van der Waals surface area contributed by atoms with Gasteiger partial charge in [0, 0.05) is 31.3 Å². The first kappa shape index (κ1) is 15.9. The monoisotopic (exact) mass is 289 g/mol. The lowest BCUT2D eigenvalue weighted by atomic mass is 10.2. The van der Waals surface area contributed by atoms with Crippen LogP contribution in [0, 0.1) is 5.82 Å². The number of rotatable bonds is 7. The van der Waals surface area contributed by atoms with Gasteiger partial charge in [-0.05, 0) is 12.1 Å². The molecule has 0 heterocycles. The van der Waals surface area contributed by atoms with E-state index in [0.717, 1.165) is 0 Å². The predicted octanol–water partition coefficient (Wildman–Crippen LogP) is 2.10. The summed E-state index contributed by atoms with van der Waals surface area (Å²) in [5.41, 5.74) is 0.303. The molecule has 0 saturated carbocycles. The van der Waals surface area contributed by atoms with Crippen LogP contribution in [-0.4, -0.2) is 44.8 Å². The third kappa shape index (κ3) is 5.14. The SMILES string of the molecule is COCCOCC(=O)N(C)Cc1c(F)cccc1Cl. The fourth-order valence-electron chi connectivity index (χ4n) is 1.42. The third-order valence-corrected chi connectivity index (χ3v) is 2.89. The van der Waals surface area contributed by atoms with Crippen molar-refractivity contribution in [2.45, 2.75) is 6.54 Å². The molecule has 0 unspecified atom stereocenters. The summed E-state index contributed by atoms with van der Waals surface area (Å²) < 4.78 is 23.5. The highest BCUT2D eigenvalue weighted by molar-refractivity contribution is 6.31. The molecule has 0 aliphatic rings. The second-order valence-corrected chi connectivity index (χ2v) is 4.40. The second kappa shape index (κ2) is 8.09. The molecule has 0 saturated heterocycles. The van der Waals surface area contributed by atoms with Crippen molar-refractivity contribution in [3.05, 3.63) is 34.6 Å². The molecule has 1 rings (SSSR count). The van der Waals surface area contributed by atoms with Crippen LogP contribution in [0.25, 0.3) is 0 Å². The minimum Gasteiger partial charge on any atom is -0.382 e. The first-order chi connectivity index (χ1) is 9.06. The largest absolute Gasteiger partial charge is 0.382 e. The smallest absolute Gasteiger partial charge is 0.248 e. The molecule has 0 fully saturated rings. The predicted molar refractivity (Wildman–Crippen MR) is 70.6 cm³/mol. The fraction of sp³-hybridized carbons (Fsp3) is 0.462. The summed E-state index contributed by atoms with van der Waals surface area (Å²) >= 11 is 5.90. The van der Waals surface area contributed by atoms with Crippen molar-refractivity contribution in [2.24, 2.45) is 0 Å². The first-order valence-corrected chi connectivity index (χ1v) is 6.17. The van der Waals surface area contributed by atoms with Crippen molar-refractivity contribution in [1.29, 1.82) is 0 Å². The highest BCUT2D eigenvalue weighted by atomic mass is 35.5. The van der Waals surface area contributed by atoms with Crippen LogP contribution in [0.5, 0.6) is 0 Å². The van der Waals surface area contributed by atoms with Crippen LogP contribution in [0.2, 0.25) is 5.02 Å². The van der Waals surface area contributed by atoms with Crippen molar-refractivity contribution in [3.63, 3.8) is 0 Å². The Hall–Kier alpha value is -1.17. The van der Waals surface area contributed by atoms with Gasteiger partial charge in [-0.2, -0.15) is 0 Å². The van der Waals surface area contributed by atoms with Gasteiger partial charge in [0.05, 0.1) is 13.2 Å². The zero-order valence-corrected chi connectivity index (χ0v) is 11.7. The van der Waals surface area contributed by atoms with Crippen molar-refractivity contribution in [2.75, 3.05) is 34.0 Å². The number of hydrogen-bond acceptors (Lipinski definition) is 3. The maximum absolute atomic E-state index is 13.6. The van der Waals surface area contributed by atoms with E-state index in [4.69, 9.17) is 21.1 Å². The average Bonchev–Trinajstić information content (AvgIpc) is 2.38. The van der Waals surface area contributed by atoms with E-state index in [0.29, 0.717) is 23.8 Å². The minimum atomic E-state index is -0.424. The Labute approximate surface area is 117 Å². The number of likely N-dealkylation sites (N-methyl/N-ethyl adjacent to an activating group) is 1. The molecule has 1 aromatic rings. The summed E-state index contributed by atoms with van der Waals surface area (Å²) in [5.74, 6) is -0.664. The lowest BCUT2D eigenvalue weighted by Gasteiger charge is -2.18. The Morgan fingerprint density at radius 1 is 1.42 bits per heavy atom. The quantitative estimate of drug-likeness (QED) is 0.722. The molecular weight excluding hydrogens is 273 g/mol. The number of methoxy groups -OCH3 is 1. The van der Waals surface area contributed by atoms with Crippen LogP contribution in [0.1, 0.15) is 5.56 Å². The molecule has 1 aromatic carbocycles. The van der Waals surface area contributed by atoms with E-state index in [1.54, 1.807) is 20.2 Å². The van der Waals surface area contributed by atoms with E-state index >= 15 is 0 Å². The standard InChI is InChI=1S/C13H17ClFNO3/c1-16(13(17)9-19-7-6-18-2)8-10-11(14)4-3-5-12(10)15/h3-5H,6-9H2,1-2H3.